The molecule has 1 unspecified atom stereocenters. The number of aliphatic hydroxyl groups is 1. The Balaban J connectivity index is 1.92. The fraction of sp³-hybridized carbons (Fsp3) is 0.429. The zero-order valence-corrected chi connectivity index (χ0v) is 12.6. The molecular formula is C14H13BrF2N2O2. The zero-order chi connectivity index (χ0) is 15.2. The first-order valence-electron chi connectivity index (χ1n) is 6.60. The fourth-order valence-electron chi connectivity index (χ4n) is 2.34. The van der Waals surface area contributed by atoms with Gasteiger partial charge >= 0.3 is 0 Å². The van der Waals surface area contributed by atoms with Crippen LogP contribution in [0.3, 0.4) is 0 Å². The van der Waals surface area contributed by atoms with Gasteiger partial charge in [-0.2, -0.15) is 10.1 Å². The largest absolute Gasteiger partial charge is 0.364 e. The van der Waals surface area contributed by atoms with Crippen LogP contribution in [0.15, 0.2) is 33.8 Å². The molecule has 4 nitrogen and oxygen atoms in total. The van der Waals surface area contributed by atoms with Gasteiger partial charge in [0.25, 0.3) is 12.3 Å². The van der Waals surface area contributed by atoms with Gasteiger partial charge in [-0.05, 0) is 43.0 Å². The van der Waals surface area contributed by atoms with Gasteiger partial charge in [0.2, 0.25) is 5.72 Å². The van der Waals surface area contributed by atoms with Crippen molar-refractivity contribution in [2.45, 2.75) is 31.4 Å². The van der Waals surface area contributed by atoms with E-state index in [0.29, 0.717) is 10.7 Å². The first-order chi connectivity index (χ1) is 9.91. The van der Waals surface area contributed by atoms with Crippen LogP contribution in [0.1, 0.15) is 29.6 Å². The minimum absolute atomic E-state index is 0.123. The number of amides is 1. The number of hydrogen-bond donors (Lipinski definition) is 1. The second-order valence-electron chi connectivity index (χ2n) is 5.35. The molecule has 0 saturated heterocycles. The van der Waals surface area contributed by atoms with E-state index in [4.69, 9.17) is 0 Å². The maximum atomic E-state index is 13.2. The molecule has 1 aliphatic heterocycles. The van der Waals surface area contributed by atoms with E-state index in [9.17, 15) is 18.7 Å². The Labute approximate surface area is 128 Å². The van der Waals surface area contributed by atoms with Crippen molar-refractivity contribution in [3.8, 4) is 0 Å². The summed E-state index contributed by atoms with van der Waals surface area (Å²) in [4.78, 5) is 12.4. The molecule has 112 valence electrons. The SMILES string of the molecule is O=C(c1ccc(Br)cc1)N1N=C(C2CC2)CC1(O)C(F)F. The average Bonchev–Trinajstić information content (AvgIpc) is 3.23. The van der Waals surface area contributed by atoms with Gasteiger partial charge in [-0.1, -0.05) is 15.9 Å². The summed E-state index contributed by atoms with van der Waals surface area (Å²) in [6.07, 6.45) is -1.61. The van der Waals surface area contributed by atoms with Gasteiger partial charge < -0.3 is 5.11 Å². The Hall–Kier alpha value is -1.34. The minimum atomic E-state index is -3.07. The average molecular weight is 359 g/mol. The topological polar surface area (TPSA) is 52.9 Å². The normalized spacial score (nSPS) is 25.4. The van der Waals surface area contributed by atoms with E-state index in [-0.39, 0.29) is 17.9 Å². The molecule has 1 atom stereocenters. The van der Waals surface area contributed by atoms with E-state index in [1.807, 2.05) is 0 Å². The van der Waals surface area contributed by atoms with Gasteiger partial charge in [0, 0.05) is 22.2 Å². The Kier molecular flexibility index (Phi) is 3.57. The van der Waals surface area contributed by atoms with Crippen LogP contribution < -0.4 is 0 Å². The molecule has 2 aliphatic rings. The highest BCUT2D eigenvalue weighted by molar-refractivity contribution is 9.10. The van der Waals surface area contributed by atoms with Crippen molar-refractivity contribution in [3.05, 3.63) is 34.3 Å². The van der Waals surface area contributed by atoms with Crippen LogP contribution in [0.25, 0.3) is 0 Å². The summed E-state index contributed by atoms with van der Waals surface area (Å²) in [5.41, 5.74) is -1.84. The molecule has 1 N–H and O–H groups in total. The first-order valence-corrected chi connectivity index (χ1v) is 7.39. The van der Waals surface area contributed by atoms with Gasteiger partial charge in [0.05, 0.1) is 0 Å². The maximum Gasteiger partial charge on any atom is 0.287 e. The van der Waals surface area contributed by atoms with Crippen molar-refractivity contribution in [2.24, 2.45) is 11.0 Å². The molecule has 7 heteroatoms. The summed E-state index contributed by atoms with van der Waals surface area (Å²) in [5.74, 6) is -0.598. The quantitative estimate of drug-likeness (QED) is 0.902. The molecule has 0 aromatic heterocycles. The molecule has 1 saturated carbocycles. The number of rotatable bonds is 3. The predicted molar refractivity (Wildman–Crippen MR) is 76.0 cm³/mol. The predicted octanol–water partition coefficient (Wildman–Crippen LogP) is 3.01. The molecule has 21 heavy (non-hydrogen) atoms. The maximum absolute atomic E-state index is 13.2. The van der Waals surface area contributed by atoms with Crippen molar-refractivity contribution < 1.29 is 18.7 Å². The Bertz CT molecular complexity index is 601. The molecule has 1 aromatic carbocycles. The van der Waals surface area contributed by atoms with Crippen LogP contribution in [-0.2, 0) is 0 Å². The van der Waals surface area contributed by atoms with Crippen LogP contribution in [0, 0.1) is 5.92 Å². The molecule has 1 aliphatic carbocycles. The highest BCUT2D eigenvalue weighted by Crippen LogP contribution is 2.41. The van der Waals surface area contributed by atoms with E-state index < -0.39 is 18.1 Å². The number of hydrazone groups is 1. The summed E-state index contributed by atoms with van der Waals surface area (Å²) in [6, 6.07) is 6.28. The van der Waals surface area contributed by atoms with E-state index in [1.165, 1.54) is 12.1 Å². The van der Waals surface area contributed by atoms with E-state index in [2.05, 4.69) is 21.0 Å². The van der Waals surface area contributed by atoms with Crippen LogP contribution in [-0.4, -0.2) is 33.9 Å². The molecular weight excluding hydrogens is 346 g/mol. The Morgan fingerprint density at radius 3 is 2.52 bits per heavy atom. The van der Waals surface area contributed by atoms with Crippen LogP contribution in [0.5, 0.6) is 0 Å². The van der Waals surface area contributed by atoms with Crippen LogP contribution in [0.2, 0.25) is 0 Å². The number of hydrogen-bond acceptors (Lipinski definition) is 3. The van der Waals surface area contributed by atoms with Gasteiger partial charge in [-0.25, -0.2) is 8.78 Å². The summed E-state index contributed by atoms with van der Waals surface area (Å²) in [5, 5.41) is 14.7. The smallest absolute Gasteiger partial charge is 0.287 e. The first kappa shape index (κ1) is 14.6. The highest BCUT2D eigenvalue weighted by Gasteiger charge is 2.53. The lowest BCUT2D eigenvalue weighted by Crippen LogP contribution is -2.51. The number of carbonyl (C=O) groups excluding carboxylic acids is 1. The summed E-state index contributed by atoms with van der Waals surface area (Å²) >= 11 is 3.24. The van der Waals surface area contributed by atoms with Gasteiger partial charge in [-0.15, -0.1) is 0 Å². The molecule has 1 amide bonds. The van der Waals surface area contributed by atoms with Crippen LogP contribution >= 0.6 is 15.9 Å². The second-order valence-corrected chi connectivity index (χ2v) is 6.26. The lowest BCUT2D eigenvalue weighted by molar-refractivity contribution is -0.164. The third-order valence-corrected chi connectivity index (χ3v) is 4.25. The number of carbonyl (C=O) groups is 1. The second kappa shape index (κ2) is 5.14. The minimum Gasteiger partial charge on any atom is -0.364 e. The van der Waals surface area contributed by atoms with Gasteiger partial charge in [0.1, 0.15) is 0 Å². The van der Waals surface area contributed by atoms with Gasteiger partial charge in [-0.3, -0.25) is 4.79 Å². The van der Waals surface area contributed by atoms with Crippen molar-refractivity contribution in [1.29, 1.82) is 0 Å². The highest BCUT2D eigenvalue weighted by atomic mass is 79.9. The van der Waals surface area contributed by atoms with E-state index in [0.717, 1.165) is 17.3 Å². The monoisotopic (exact) mass is 358 g/mol. The lowest BCUT2D eigenvalue weighted by Gasteiger charge is -2.30. The molecule has 3 rings (SSSR count). The summed E-state index contributed by atoms with van der Waals surface area (Å²) in [7, 11) is 0. The number of halogens is 3. The number of nitrogens with zero attached hydrogens (tertiary/aromatic N) is 2. The standard InChI is InChI=1S/C14H13BrF2N2O2/c15-10-5-3-9(4-6-10)12(20)19-14(21,13(16)17)7-11(18-19)8-1-2-8/h3-6,8,13,21H,1-2,7H2. The van der Waals surface area contributed by atoms with Crippen molar-refractivity contribution in [3.63, 3.8) is 0 Å². The molecule has 0 spiro atoms. The summed E-state index contributed by atoms with van der Waals surface area (Å²) < 4.78 is 27.3. The number of alkyl halides is 2. The third kappa shape index (κ3) is 2.60. The van der Waals surface area contributed by atoms with Gasteiger partial charge in [0.15, 0.2) is 0 Å². The molecule has 1 aromatic rings. The lowest BCUT2D eigenvalue weighted by atomic mass is 10.0. The Morgan fingerprint density at radius 2 is 2.00 bits per heavy atom. The fourth-order valence-corrected chi connectivity index (χ4v) is 2.60. The molecule has 0 radical (unpaired) electrons. The molecule has 1 fully saturated rings. The zero-order valence-electron chi connectivity index (χ0n) is 11.0. The molecule has 0 bridgehead atoms. The number of benzene rings is 1. The summed E-state index contributed by atoms with van der Waals surface area (Å²) in [6.45, 7) is 0. The van der Waals surface area contributed by atoms with E-state index >= 15 is 0 Å². The van der Waals surface area contributed by atoms with Crippen LogP contribution in [0.4, 0.5) is 8.78 Å². The van der Waals surface area contributed by atoms with E-state index in [1.54, 1.807) is 12.1 Å². The van der Waals surface area contributed by atoms with Crippen molar-refractivity contribution in [2.75, 3.05) is 0 Å². The van der Waals surface area contributed by atoms with Crippen molar-refractivity contribution >= 4 is 27.5 Å². The van der Waals surface area contributed by atoms with Crippen molar-refractivity contribution in [1.82, 2.24) is 5.01 Å². The Morgan fingerprint density at radius 1 is 1.38 bits per heavy atom. The third-order valence-electron chi connectivity index (χ3n) is 3.72. The molecule has 1 heterocycles.